The number of anilines is 4. The zero-order valence-electron chi connectivity index (χ0n) is 60.5. The molecule has 554 valence electrons. The number of nitrogen functional groups attached to an aromatic ring is 2. The summed E-state index contributed by atoms with van der Waals surface area (Å²) >= 11 is 0. The van der Waals surface area contributed by atoms with Crippen LogP contribution in [0.1, 0.15) is 144 Å². The maximum Gasteiger partial charge on any atom is 0.416 e. The van der Waals surface area contributed by atoms with Crippen LogP contribution in [0.4, 0.5) is 43.7 Å². The van der Waals surface area contributed by atoms with Gasteiger partial charge >= 0.3 is 12.2 Å². The zero-order chi connectivity index (χ0) is 79.5. The molecule has 11 rings (SSSR count). The predicted molar refractivity (Wildman–Crippen MR) is 409 cm³/mol. The number of amides is 2. The van der Waals surface area contributed by atoms with Crippen molar-refractivity contribution in [3.05, 3.63) is 188 Å². The van der Waals surface area contributed by atoms with Gasteiger partial charge in [-0.25, -0.2) is 19.2 Å². The first-order chi connectivity index (χ1) is 51.1. The average Bonchev–Trinajstić information content (AvgIpc) is 0.725. The molecule has 0 bridgehead atoms. The number of aliphatic hydroxyl groups excluding tert-OH is 2. The second-order valence-electron chi connectivity index (χ2n) is 26.7. The molecule has 2 aliphatic rings. The van der Waals surface area contributed by atoms with Crippen molar-refractivity contribution in [1.29, 1.82) is 0 Å². The molecular formula is C82H76N6O20. The van der Waals surface area contributed by atoms with E-state index < -0.39 is 93.1 Å². The summed E-state index contributed by atoms with van der Waals surface area (Å²) < 4.78 is 10.6. The number of isocyanates is 2. The molecule has 0 spiro atoms. The summed E-state index contributed by atoms with van der Waals surface area (Å²) in [5.41, 5.74) is 16.4. The van der Waals surface area contributed by atoms with Crippen molar-refractivity contribution in [2.75, 3.05) is 22.1 Å². The third-order valence-corrected chi connectivity index (χ3v) is 18.3. The quantitative estimate of drug-likeness (QED) is 0.00914. The number of nitrogens with zero attached hydrogens (tertiary/aromatic N) is 2. The van der Waals surface area contributed by atoms with Gasteiger partial charge in [0.2, 0.25) is 23.7 Å². The number of fused-ring (bicyclic) bond motifs is 4. The Balaban J connectivity index is 0.000000229. The number of phenolic OH excluding ortho intramolecular Hbond substituents is 8. The van der Waals surface area contributed by atoms with Gasteiger partial charge in [0.1, 0.15) is 35.5 Å². The molecule has 0 fully saturated rings. The number of nitrogens with two attached hydrogens (primary N) is 2. The molecule has 2 aliphatic carbocycles. The van der Waals surface area contributed by atoms with Gasteiger partial charge in [-0.1, -0.05) is 79.7 Å². The number of hydrogen-bond donors (Lipinski definition) is 14. The van der Waals surface area contributed by atoms with Gasteiger partial charge in [-0.2, -0.15) is 9.98 Å². The predicted octanol–water partition coefficient (Wildman–Crippen LogP) is 16.7. The minimum absolute atomic E-state index is 0.00512. The summed E-state index contributed by atoms with van der Waals surface area (Å²) in [5.74, 6) is -8.46. The molecule has 0 aromatic heterocycles. The van der Waals surface area contributed by atoms with E-state index in [1.807, 2.05) is 0 Å². The smallest absolute Gasteiger partial charge is 0.416 e. The number of hydrogen-bond acceptors (Lipinski definition) is 24. The number of carbonyl (C=O) groups excluding carboxylic acids is 8. The zero-order valence-corrected chi connectivity index (χ0v) is 60.5. The number of phenols is 8. The lowest BCUT2D eigenvalue weighted by Gasteiger charge is -2.29. The number of ether oxygens (including phenoxy) is 2. The number of allylic oxidation sites excluding steroid dienone is 4. The summed E-state index contributed by atoms with van der Waals surface area (Å²) in [6.45, 7) is 20.9. The third-order valence-electron chi connectivity index (χ3n) is 18.3. The Hall–Kier alpha value is -14.0. The largest absolute Gasteiger partial charge is 0.507 e. The lowest BCUT2D eigenvalue weighted by molar-refractivity contribution is -0.113. The average molecular weight is 1470 g/mol. The van der Waals surface area contributed by atoms with Crippen LogP contribution in [0.5, 0.6) is 46.0 Å². The molecule has 16 N–H and O–H groups in total. The van der Waals surface area contributed by atoms with Crippen molar-refractivity contribution in [3.8, 4) is 68.2 Å². The Kier molecular flexibility index (Phi) is 22.8. The molecule has 0 heterocycles. The third kappa shape index (κ3) is 14.7. The highest BCUT2D eigenvalue weighted by Gasteiger charge is 2.40. The Labute approximate surface area is 617 Å². The molecule has 0 saturated carbocycles. The van der Waals surface area contributed by atoms with E-state index in [0.717, 1.165) is 12.5 Å². The van der Waals surface area contributed by atoms with Gasteiger partial charge in [-0.05, 0) is 168 Å². The lowest BCUT2D eigenvalue weighted by atomic mass is 9.75. The van der Waals surface area contributed by atoms with Crippen LogP contribution in [-0.2, 0) is 28.7 Å². The number of aromatic hydroxyl groups is 8. The number of aliphatic imine (C=N–C) groups is 2. The minimum Gasteiger partial charge on any atom is -0.507 e. The molecule has 0 radical (unpaired) electrons. The van der Waals surface area contributed by atoms with Crippen LogP contribution in [0.3, 0.4) is 0 Å². The standard InChI is InChI=1S/C44H42N4O10.C30H30O8.C8H4N2O2/c1-19(2)31-27-15-21(5)33(39(51)35(27)29(37(49)41(31)53)17-57-43(55)47-25-11-7-23(45)8-12-25)34-22(6)16-28-32(20(3)4)42(54)38(50)30(36(28)40(34)52)18-58-44(56)48-26-13-9-24(46)10-14-26;1-11(2)19-15-7-13(5)21(27(35)23(15)17(9-31)25(33)29(19)37)22-14(6)8-16-20(12(3)4)30(38)26(34)18(10-32)24(16)28(22)36;11-5-9-7-1-2-8(4-3-7)10-6-12/h7-20,51-54H,45-46H2,1-6H3,(H,47,55)(H,48,56);7-12,33-38H,1-6H3;1-4H/b29-17-,30-18-;;. The summed E-state index contributed by atoms with van der Waals surface area (Å²) in [4.78, 5) is 104. The summed E-state index contributed by atoms with van der Waals surface area (Å²) in [6.07, 6.45) is 3.18. The van der Waals surface area contributed by atoms with Crippen molar-refractivity contribution < 1.29 is 98.9 Å². The topological polar surface area (TPSA) is 458 Å². The molecule has 0 atom stereocenters. The van der Waals surface area contributed by atoms with E-state index in [4.69, 9.17) is 20.9 Å². The van der Waals surface area contributed by atoms with Crippen LogP contribution in [0, 0.1) is 39.5 Å². The Morgan fingerprint density at radius 1 is 0.426 bits per heavy atom. The van der Waals surface area contributed by atoms with Crippen LogP contribution in [0.25, 0.3) is 66.1 Å². The summed E-state index contributed by atoms with van der Waals surface area (Å²) in [5, 5.41) is 118. The molecule has 9 aromatic rings. The fourth-order valence-corrected chi connectivity index (χ4v) is 13.5. The summed E-state index contributed by atoms with van der Waals surface area (Å²) in [6, 6.07) is 25.2. The van der Waals surface area contributed by atoms with Gasteiger partial charge in [0.15, 0.2) is 47.1 Å². The van der Waals surface area contributed by atoms with Gasteiger partial charge in [-0.3, -0.25) is 29.8 Å². The van der Waals surface area contributed by atoms with Crippen LogP contribution < -0.4 is 22.1 Å². The first-order valence-corrected chi connectivity index (χ1v) is 33.5. The molecule has 2 amide bonds. The number of ketones is 2. The number of rotatable bonds is 14. The first kappa shape index (κ1) is 78.2. The van der Waals surface area contributed by atoms with Gasteiger partial charge < -0.3 is 72.0 Å². The van der Waals surface area contributed by atoms with Crippen LogP contribution in [-0.4, -0.2) is 99.6 Å². The molecule has 26 heteroatoms. The molecule has 0 aliphatic heterocycles. The summed E-state index contributed by atoms with van der Waals surface area (Å²) in [7, 11) is 0. The monoisotopic (exact) mass is 1460 g/mol. The molecule has 0 saturated heterocycles. The normalized spacial score (nSPS) is 13.2. The molecule has 0 unspecified atom stereocenters. The first-order valence-electron chi connectivity index (χ1n) is 33.5. The number of carbonyl (C=O) groups is 6. The van der Waals surface area contributed by atoms with Crippen molar-refractivity contribution in [2.24, 2.45) is 21.8 Å². The number of nitrogens with one attached hydrogen (secondary N) is 2. The van der Waals surface area contributed by atoms with E-state index in [1.54, 1.807) is 180 Å². The fraction of sp³-hybridized carbons (Fsp3) is 0.195. The number of aldehydes is 2. The lowest BCUT2D eigenvalue weighted by Crippen LogP contribution is -2.20. The second kappa shape index (κ2) is 31.6. The van der Waals surface area contributed by atoms with Crippen LogP contribution >= 0.6 is 0 Å². The van der Waals surface area contributed by atoms with Crippen molar-refractivity contribution in [3.63, 3.8) is 0 Å². The Morgan fingerprint density at radius 3 is 1.02 bits per heavy atom. The van der Waals surface area contributed by atoms with Gasteiger partial charge in [0.25, 0.3) is 0 Å². The van der Waals surface area contributed by atoms with Crippen LogP contribution in [0.15, 0.2) is 131 Å². The number of benzene rings is 9. The maximum atomic E-state index is 13.8. The highest BCUT2D eigenvalue weighted by molar-refractivity contribution is 6.35. The van der Waals surface area contributed by atoms with Gasteiger partial charge in [-0.15, -0.1) is 0 Å². The number of aliphatic hydroxyl groups is 2. The van der Waals surface area contributed by atoms with E-state index in [2.05, 4.69) is 20.6 Å². The maximum absolute atomic E-state index is 13.8. The van der Waals surface area contributed by atoms with E-state index >= 15 is 0 Å². The van der Waals surface area contributed by atoms with Gasteiger partial charge in [0.05, 0.1) is 33.6 Å². The van der Waals surface area contributed by atoms with E-state index in [0.29, 0.717) is 90.8 Å². The Bertz CT molecular complexity index is 5180. The number of aryl methyl sites for hydroxylation is 4. The van der Waals surface area contributed by atoms with Crippen LogP contribution in [0.2, 0.25) is 0 Å². The van der Waals surface area contributed by atoms with Crippen molar-refractivity contribution in [1.82, 2.24) is 0 Å². The van der Waals surface area contributed by atoms with E-state index in [1.165, 1.54) is 12.2 Å². The number of Topliss-reactive ketones (excluding diaryl/α,β-unsaturated/α-hetero) is 2. The molecule has 108 heavy (non-hydrogen) atoms. The fourth-order valence-electron chi connectivity index (χ4n) is 13.5. The molecular weight excluding hydrogens is 1390 g/mol. The van der Waals surface area contributed by atoms with E-state index in [9.17, 15) is 89.4 Å². The molecule has 26 nitrogen and oxygen atoms in total. The Morgan fingerprint density at radius 2 is 0.731 bits per heavy atom. The second-order valence-corrected chi connectivity index (χ2v) is 26.7. The van der Waals surface area contributed by atoms with Crippen molar-refractivity contribution in [2.45, 2.75) is 94.9 Å². The van der Waals surface area contributed by atoms with Crippen molar-refractivity contribution >= 4 is 126 Å². The minimum atomic E-state index is -0.981. The molecule has 9 aromatic carbocycles. The highest BCUT2D eigenvalue weighted by Crippen LogP contribution is 2.57. The van der Waals surface area contributed by atoms with E-state index in [-0.39, 0.29) is 101 Å². The SMILES string of the molecule is Cc1cc2c(C(C)C)c(O)c(O)c(C=O)c2c(O)c1-c1c(C)cc2c(C(C)C)c(O)c(O)c(C=O)c2c1O.Cc1cc2c(c(O)c1-c1c(C)cc3c(c1O)/C(=C/OC(=O)Nc1ccc(N)cc1)C(=O)C(O)=C3C(C)C)/C(=C/OC(=O)Nc1ccc(N)cc1)C(=O)C(O)=C2C(C)C.O=C=Nc1ccc(N=C=O)cc1. The highest BCUT2D eigenvalue weighted by atomic mass is 16.5. The van der Waals surface area contributed by atoms with Gasteiger partial charge in [0, 0.05) is 89.2 Å².